The van der Waals surface area contributed by atoms with E-state index in [4.69, 9.17) is 0 Å². The van der Waals surface area contributed by atoms with E-state index < -0.39 is 0 Å². The van der Waals surface area contributed by atoms with Gasteiger partial charge in [-0.2, -0.15) is 0 Å². The van der Waals surface area contributed by atoms with Crippen molar-refractivity contribution in [3.05, 3.63) is 35.9 Å². The van der Waals surface area contributed by atoms with Gasteiger partial charge in [0.2, 0.25) is 0 Å². The van der Waals surface area contributed by atoms with E-state index >= 15 is 0 Å². The molecule has 0 bridgehead atoms. The molecule has 0 radical (unpaired) electrons. The first-order chi connectivity index (χ1) is 8.34. The van der Waals surface area contributed by atoms with Gasteiger partial charge in [-0.1, -0.05) is 30.3 Å². The summed E-state index contributed by atoms with van der Waals surface area (Å²) in [6, 6.07) is 10.6. The van der Waals surface area contributed by atoms with Gasteiger partial charge in [-0.05, 0) is 37.9 Å². The second-order valence-corrected chi connectivity index (χ2v) is 4.86. The van der Waals surface area contributed by atoms with Gasteiger partial charge in [0, 0.05) is 19.4 Å². The summed E-state index contributed by atoms with van der Waals surface area (Å²) in [6.45, 7) is 3.21. The summed E-state index contributed by atoms with van der Waals surface area (Å²) in [6.07, 6.45) is 4.79. The molecule has 1 aliphatic heterocycles. The number of carbonyl (C=O) groups is 1. The Morgan fingerprint density at radius 1 is 0.941 bits per heavy atom. The van der Waals surface area contributed by atoms with Gasteiger partial charge < -0.3 is 0 Å². The maximum absolute atomic E-state index is 11.4. The van der Waals surface area contributed by atoms with Gasteiger partial charge in [-0.25, -0.2) is 0 Å². The second kappa shape index (κ2) is 6.55. The zero-order valence-electron chi connectivity index (χ0n) is 10.4. The third-order valence-corrected chi connectivity index (χ3v) is 3.36. The zero-order valence-corrected chi connectivity index (χ0v) is 10.4. The first kappa shape index (κ1) is 12.3. The number of hydrogen-bond donors (Lipinski definition) is 0. The zero-order chi connectivity index (χ0) is 11.9. The SMILES string of the molecule is O=C1CCCCN(Cc2ccccc2)CCC1. The molecule has 0 aliphatic carbocycles. The number of carbonyl (C=O) groups excluding carboxylic acids is 1. The number of rotatable bonds is 2. The van der Waals surface area contributed by atoms with Crippen LogP contribution in [0.1, 0.15) is 37.7 Å². The van der Waals surface area contributed by atoms with Crippen LogP contribution in [0.5, 0.6) is 0 Å². The molecule has 17 heavy (non-hydrogen) atoms. The number of benzene rings is 1. The molecule has 0 aromatic heterocycles. The number of ketones is 1. The van der Waals surface area contributed by atoms with E-state index in [0.29, 0.717) is 5.78 Å². The molecule has 92 valence electrons. The van der Waals surface area contributed by atoms with Crippen molar-refractivity contribution in [2.45, 2.75) is 38.6 Å². The average molecular weight is 231 g/mol. The highest BCUT2D eigenvalue weighted by molar-refractivity contribution is 5.78. The van der Waals surface area contributed by atoms with E-state index in [1.54, 1.807) is 0 Å². The first-order valence-corrected chi connectivity index (χ1v) is 6.62. The van der Waals surface area contributed by atoms with Crippen LogP contribution in [0.2, 0.25) is 0 Å². The lowest BCUT2D eigenvalue weighted by Gasteiger charge is -2.21. The maximum atomic E-state index is 11.4. The van der Waals surface area contributed by atoms with E-state index in [9.17, 15) is 4.79 Å². The Hall–Kier alpha value is -1.15. The Bertz CT molecular complexity index is 347. The van der Waals surface area contributed by atoms with Crippen molar-refractivity contribution in [1.82, 2.24) is 4.90 Å². The summed E-state index contributed by atoms with van der Waals surface area (Å²) in [5, 5.41) is 0. The minimum absolute atomic E-state index is 0.451. The van der Waals surface area contributed by atoms with Crippen molar-refractivity contribution in [1.29, 1.82) is 0 Å². The van der Waals surface area contributed by atoms with E-state index in [1.165, 1.54) is 5.56 Å². The molecular formula is C15H21NO. The molecule has 1 aliphatic rings. The fourth-order valence-electron chi connectivity index (χ4n) is 2.39. The van der Waals surface area contributed by atoms with Crippen LogP contribution in [-0.2, 0) is 11.3 Å². The highest BCUT2D eigenvalue weighted by Gasteiger charge is 2.10. The van der Waals surface area contributed by atoms with Crippen LogP contribution in [0.15, 0.2) is 30.3 Å². The second-order valence-electron chi connectivity index (χ2n) is 4.86. The van der Waals surface area contributed by atoms with Crippen molar-refractivity contribution in [3.8, 4) is 0 Å². The van der Waals surface area contributed by atoms with Crippen LogP contribution in [-0.4, -0.2) is 23.8 Å². The standard InChI is InChI=1S/C15H21NO/c17-15-9-4-5-11-16(12-6-10-15)13-14-7-2-1-3-8-14/h1-3,7-8H,4-6,9-13H2. The summed E-state index contributed by atoms with van der Waals surface area (Å²) >= 11 is 0. The van der Waals surface area contributed by atoms with E-state index in [1.807, 2.05) is 0 Å². The molecule has 1 aromatic carbocycles. The Kier molecular flexibility index (Phi) is 4.75. The lowest BCUT2D eigenvalue weighted by atomic mass is 10.1. The molecule has 2 nitrogen and oxygen atoms in total. The van der Waals surface area contributed by atoms with Crippen molar-refractivity contribution in [2.24, 2.45) is 0 Å². The van der Waals surface area contributed by atoms with E-state index in [-0.39, 0.29) is 0 Å². The summed E-state index contributed by atoms with van der Waals surface area (Å²) < 4.78 is 0. The Morgan fingerprint density at radius 3 is 2.47 bits per heavy atom. The fourth-order valence-corrected chi connectivity index (χ4v) is 2.39. The van der Waals surface area contributed by atoms with Gasteiger partial charge in [0.25, 0.3) is 0 Å². The highest BCUT2D eigenvalue weighted by Crippen LogP contribution is 2.11. The maximum Gasteiger partial charge on any atom is 0.132 e. The van der Waals surface area contributed by atoms with Gasteiger partial charge >= 0.3 is 0 Å². The molecule has 1 aromatic rings. The van der Waals surface area contributed by atoms with Crippen LogP contribution in [0, 0.1) is 0 Å². The summed E-state index contributed by atoms with van der Waals surface area (Å²) in [7, 11) is 0. The summed E-state index contributed by atoms with van der Waals surface area (Å²) in [5.74, 6) is 0.451. The van der Waals surface area contributed by atoms with Crippen LogP contribution in [0.4, 0.5) is 0 Å². The van der Waals surface area contributed by atoms with Crippen LogP contribution in [0.3, 0.4) is 0 Å². The van der Waals surface area contributed by atoms with Gasteiger partial charge in [0.05, 0.1) is 0 Å². The highest BCUT2D eigenvalue weighted by atomic mass is 16.1. The largest absolute Gasteiger partial charge is 0.300 e. The number of Topliss-reactive ketones (excluding diaryl/α,β-unsaturated/α-hetero) is 1. The van der Waals surface area contributed by atoms with Gasteiger partial charge in [-0.15, -0.1) is 0 Å². The smallest absolute Gasteiger partial charge is 0.132 e. The molecule has 0 saturated carbocycles. The normalized spacial score (nSPS) is 19.4. The molecule has 0 unspecified atom stereocenters. The van der Waals surface area contributed by atoms with Gasteiger partial charge in [0.15, 0.2) is 0 Å². The molecule has 1 saturated heterocycles. The first-order valence-electron chi connectivity index (χ1n) is 6.62. The third-order valence-electron chi connectivity index (χ3n) is 3.36. The van der Waals surface area contributed by atoms with Gasteiger partial charge in [0.1, 0.15) is 5.78 Å². The van der Waals surface area contributed by atoms with Crippen molar-refractivity contribution in [2.75, 3.05) is 13.1 Å². The minimum atomic E-state index is 0.451. The van der Waals surface area contributed by atoms with Gasteiger partial charge in [-0.3, -0.25) is 9.69 Å². The average Bonchev–Trinajstić information content (AvgIpc) is 2.44. The minimum Gasteiger partial charge on any atom is -0.300 e. The predicted molar refractivity (Wildman–Crippen MR) is 69.8 cm³/mol. The quantitative estimate of drug-likeness (QED) is 0.779. The van der Waals surface area contributed by atoms with Crippen LogP contribution >= 0.6 is 0 Å². The molecule has 2 heteroatoms. The Labute approximate surface area is 104 Å². The van der Waals surface area contributed by atoms with Crippen LogP contribution < -0.4 is 0 Å². The predicted octanol–water partition coefficient (Wildman–Crippen LogP) is 3.02. The lowest BCUT2D eigenvalue weighted by Crippen LogP contribution is -2.25. The van der Waals surface area contributed by atoms with Crippen molar-refractivity contribution >= 4 is 5.78 Å². The topological polar surface area (TPSA) is 20.3 Å². The monoisotopic (exact) mass is 231 g/mol. The molecule has 0 spiro atoms. The number of hydrogen-bond acceptors (Lipinski definition) is 2. The van der Waals surface area contributed by atoms with Crippen LogP contribution in [0.25, 0.3) is 0 Å². The summed E-state index contributed by atoms with van der Waals surface area (Å²) in [5.41, 5.74) is 1.37. The number of nitrogens with zero attached hydrogens (tertiary/aromatic N) is 1. The Balaban J connectivity index is 1.88. The molecule has 0 amide bonds. The summed E-state index contributed by atoms with van der Waals surface area (Å²) in [4.78, 5) is 13.9. The lowest BCUT2D eigenvalue weighted by molar-refractivity contribution is -0.119. The van der Waals surface area contributed by atoms with Crippen molar-refractivity contribution < 1.29 is 4.79 Å². The molecule has 1 heterocycles. The third kappa shape index (κ3) is 4.31. The molecule has 0 N–H and O–H groups in total. The molecule has 0 atom stereocenters. The molecule has 2 rings (SSSR count). The van der Waals surface area contributed by atoms with Crippen molar-refractivity contribution in [3.63, 3.8) is 0 Å². The van der Waals surface area contributed by atoms with E-state index in [2.05, 4.69) is 35.2 Å². The van der Waals surface area contributed by atoms with E-state index in [0.717, 1.165) is 51.7 Å². The molecule has 1 fully saturated rings. The Morgan fingerprint density at radius 2 is 1.65 bits per heavy atom. The fraction of sp³-hybridized carbons (Fsp3) is 0.533. The molecular weight excluding hydrogens is 210 g/mol.